The summed E-state index contributed by atoms with van der Waals surface area (Å²) in [7, 11) is 0. The summed E-state index contributed by atoms with van der Waals surface area (Å²) in [5.74, 6) is 0.290. The lowest BCUT2D eigenvalue weighted by Crippen LogP contribution is -2.33. The Balaban J connectivity index is 2.02. The molecule has 0 aliphatic carbocycles. The predicted molar refractivity (Wildman–Crippen MR) is 138 cm³/mol. The summed E-state index contributed by atoms with van der Waals surface area (Å²) in [6.45, 7) is 11.0. The van der Waals surface area contributed by atoms with Crippen molar-refractivity contribution < 1.29 is 9.90 Å². The molecule has 0 unspecified atom stereocenters. The number of benzene rings is 2. The molecule has 0 bridgehead atoms. The summed E-state index contributed by atoms with van der Waals surface area (Å²) in [6, 6.07) is 10.2. The van der Waals surface area contributed by atoms with Crippen molar-refractivity contribution in [3.05, 3.63) is 56.5 Å². The van der Waals surface area contributed by atoms with Gasteiger partial charge in [0, 0.05) is 28.0 Å². The predicted octanol–water partition coefficient (Wildman–Crippen LogP) is 7.91. The van der Waals surface area contributed by atoms with E-state index in [4.69, 9.17) is 23.2 Å². The first kappa shape index (κ1) is 25.7. The molecule has 33 heavy (non-hydrogen) atoms. The first-order chi connectivity index (χ1) is 15.6. The van der Waals surface area contributed by atoms with E-state index >= 15 is 0 Å². The number of carbonyl (C=O) groups is 1. The molecule has 0 spiro atoms. The topological polar surface area (TPSA) is 70.2 Å². The largest absolute Gasteiger partial charge is 0.493 e. The quantitative estimate of drug-likeness (QED) is 0.288. The highest BCUT2D eigenvalue weighted by atomic mass is 79.9. The zero-order valence-corrected chi connectivity index (χ0v) is 22.1. The lowest BCUT2D eigenvalue weighted by Gasteiger charge is -2.27. The van der Waals surface area contributed by atoms with Crippen molar-refractivity contribution in [2.24, 2.45) is 22.1 Å². The zero-order chi connectivity index (χ0) is 24.3. The minimum absolute atomic E-state index is 0.0423. The average molecular weight is 554 g/mol. The molecule has 1 amide bonds. The van der Waals surface area contributed by atoms with Crippen LogP contribution in [0.15, 0.2) is 51.1 Å². The summed E-state index contributed by atoms with van der Waals surface area (Å²) in [5.41, 5.74) is 1.23. The Hall–Kier alpha value is -1.93. The van der Waals surface area contributed by atoms with Crippen molar-refractivity contribution >= 4 is 61.6 Å². The van der Waals surface area contributed by atoms with Gasteiger partial charge in [0.05, 0.1) is 22.8 Å². The maximum Gasteiger partial charge on any atom is 0.296 e. The Morgan fingerprint density at radius 1 is 1.09 bits per heavy atom. The second-order valence-corrected chi connectivity index (χ2v) is 10.6. The molecule has 0 fully saturated rings. The number of aromatic hydroxyl groups is 1. The summed E-state index contributed by atoms with van der Waals surface area (Å²) >= 11 is 15.5. The molecule has 1 aromatic heterocycles. The van der Waals surface area contributed by atoms with Crippen LogP contribution in [0.1, 0.15) is 38.1 Å². The van der Waals surface area contributed by atoms with E-state index in [1.165, 1.54) is 12.1 Å². The van der Waals surface area contributed by atoms with Crippen LogP contribution in [-0.4, -0.2) is 33.6 Å². The maximum absolute atomic E-state index is 12.6. The minimum atomic E-state index is -0.617. The van der Waals surface area contributed by atoms with E-state index in [-0.39, 0.29) is 22.2 Å². The molecule has 0 aliphatic heterocycles. The highest BCUT2D eigenvalue weighted by molar-refractivity contribution is 9.10. The van der Waals surface area contributed by atoms with E-state index in [1.54, 1.807) is 10.6 Å². The normalized spacial score (nSPS) is 12.2. The van der Waals surface area contributed by atoms with Crippen LogP contribution in [0, 0.1) is 11.8 Å². The standard InChI is InChI=1S/C24H27BrCl2N4O2/c1-14(2)11-30(12-15(3)4)13-31-21-8-5-16(25)9-19(21)22(24(31)33)28-29-23(32)18-7-6-17(26)10-20(18)27/h5-10,14-15,33H,11-13H2,1-4H3. The lowest BCUT2D eigenvalue weighted by atomic mass is 10.1. The van der Waals surface area contributed by atoms with Crippen LogP contribution in [0.25, 0.3) is 10.9 Å². The van der Waals surface area contributed by atoms with Crippen LogP contribution in [0.3, 0.4) is 0 Å². The molecule has 176 valence electrons. The average Bonchev–Trinajstić information content (AvgIpc) is 2.95. The molecule has 0 saturated heterocycles. The van der Waals surface area contributed by atoms with Crippen molar-refractivity contribution in [2.45, 2.75) is 34.4 Å². The number of carbonyl (C=O) groups excluding carboxylic acids is 1. The van der Waals surface area contributed by atoms with Gasteiger partial charge in [-0.05, 0) is 48.2 Å². The van der Waals surface area contributed by atoms with Gasteiger partial charge in [0.1, 0.15) is 0 Å². The molecule has 9 heteroatoms. The molecule has 3 rings (SSSR count). The van der Waals surface area contributed by atoms with Crippen molar-refractivity contribution in [1.29, 1.82) is 0 Å². The van der Waals surface area contributed by atoms with Gasteiger partial charge >= 0.3 is 0 Å². The molecule has 0 atom stereocenters. The van der Waals surface area contributed by atoms with E-state index in [0.29, 0.717) is 28.9 Å². The zero-order valence-electron chi connectivity index (χ0n) is 19.0. The van der Waals surface area contributed by atoms with Gasteiger partial charge in [-0.2, -0.15) is 0 Å². The summed E-state index contributed by atoms with van der Waals surface area (Å²) < 4.78 is 2.64. The van der Waals surface area contributed by atoms with Crippen LogP contribution in [0.4, 0.5) is 5.69 Å². The van der Waals surface area contributed by atoms with Crippen molar-refractivity contribution in [1.82, 2.24) is 9.47 Å². The first-order valence-electron chi connectivity index (χ1n) is 10.7. The van der Waals surface area contributed by atoms with Gasteiger partial charge in [-0.1, -0.05) is 66.8 Å². The summed E-state index contributed by atoms with van der Waals surface area (Å²) in [6.07, 6.45) is 0. The molecule has 0 saturated carbocycles. The van der Waals surface area contributed by atoms with Crippen LogP contribution in [-0.2, 0) is 6.67 Å². The van der Waals surface area contributed by atoms with E-state index in [9.17, 15) is 9.90 Å². The fourth-order valence-corrected chi connectivity index (χ4v) is 4.62. The fraction of sp³-hybridized carbons (Fsp3) is 0.375. The Kier molecular flexibility index (Phi) is 8.56. The Bertz CT molecular complexity index is 1180. The number of hydrogen-bond donors (Lipinski definition) is 1. The smallest absolute Gasteiger partial charge is 0.296 e. The van der Waals surface area contributed by atoms with Gasteiger partial charge in [-0.15, -0.1) is 10.2 Å². The van der Waals surface area contributed by atoms with Crippen LogP contribution in [0.5, 0.6) is 5.88 Å². The van der Waals surface area contributed by atoms with Crippen LogP contribution >= 0.6 is 39.1 Å². The Morgan fingerprint density at radius 2 is 1.76 bits per heavy atom. The highest BCUT2D eigenvalue weighted by Crippen LogP contribution is 2.40. The Labute approximate surface area is 212 Å². The van der Waals surface area contributed by atoms with Crippen molar-refractivity contribution in [3.63, 3.8) is 0 Å². The third-order valence-corrected chi connectivity index (χ3v) is 6.00. The number of hydrogen-bond acceptors (Lipinski definition) is 4. The van der Waals surface area contributed by atoms with Crippen molar-refractivity contribution in [3.8, 4) is 5.88 Å². The molecule has 1 heterocycles. The molecular formula is C24H27BrCl2N4O2. The molecule has 3 aromatic rings. The SMILES string of the molecule is CC(C)CN(CC(C)C)Cn1c(O)c(N=NC(=O)c2ccc(Cl)cc2Cl)c2cc(Br)ccc21. The third kappa shape index (κ3) is 6.35. The van der Waals surface area contributed by atoms with E-state index in [0.717, 1.165) is 23.1 Å². The number of aromatic nitrogens is 1. The van der Waals surface area contributed by atoms with Crippen molar-refractivity contribution in [2.75, 3.05) is 13.1 Å². The number of amides is 1. The molecule has 1 N–H and O–H groups in total. The summed E-state index contributed by atoms with van der Waals surface area (Å²) in [4.78, 5) is 14.9. The third-order valence-electron chi connectivity index (χ3n) is 4.96. The number of rotatable bonds is 8. The molecule has 0 radical (unpaired) electrons. The minimum Gasteiger partial charge on any atom is -0.493 e. The monoisotopic (exact) mass is 552 g/mol. The highest BCUT2D eigenvalue weighted by Gasteiger charge is 2.21. The van der Waals surface area contributed by atoms with Crippen LogP contribution < -0.4 is 0 Å². The first-order valence-corrected chi connectivity index (χ1v) is 12.3. The van der Waals surface area contributed by atoms with Gasteiger partial charge in [-0.3, -0.25) is 14.3 Å². The molecular weight excluding hydrogens is 527 g/mol. The van der Waals surface area contributed by atoms with Gasteiger partial charge < -0.3 is 5.11 Å². The number of azo groups is 1. The molecule has 6 nitrogen and oxygen atoms in total. The van der Waals surface area contributed by atoms with Gasteiger partial charge in [-0.25, -0.2) is 0 Å². The van der Waals surface area contributed by atoms with Crippen LogP contribution in [0.2, 0.25) is 10.0 Å². The number of halogens is 3. The number of fused-ring (bicyclic) bond motifs is 1. The van der Waals surface area contributed by atoms with Gasteiger partial charge in [0.25, 0.3) is 5.91 Å². The van der Waals surface area contributed by atoms with Gasteiger partial charge in [0.15, 0.2) is 5.69 Å². The maximum atomic E-state index is 12.6. The number of nitrogens with zero attached hydrogens (tertiary/aromatic N) is 4. The van der Waals surface area contributed by atoms with E-state index in [2.05, 4.69) is 58.8 Å². The van der Waals surface area contributed by atoms with Gasteiger partial charge in [0.2, 0.25) is 5.88 Å². The molecule has 2 aromatic carbocycles. The second kappa shape index (κ2) is 11.0. The summed E-state index contributed by atoms with van der Waals surface area (Å²) in [5, 5.41) is 20.4. The molecule has 0 aliphatic rings. The Morgan fingerprint density at radius 3 is 2.36 bits per heavy atom. The lowest BCUT2D eigenvalue weighted by molar-refractivity contribution is 0.0995. The van der Waals surface area contributed by atoms with E-state index < -0.39 is 5.91 Å². The fourth-order valence-electron chi connectivity index (χ4n) is 3.77. The van der Waals surface area contributed by atoms with E-state index in [1.807, 2.05) is 18.2 Å². The second-order valence-electron chi connectivity index (χ2n) is 8.86.